The summed E-state index contributed by atoms with van der Waals surface area (Å²) in [6, 6.07) is 7.14. The number of aromatic hydroxyl groups is 1. The van der Waals surface area contributed by atoms with Crippen molar-refractivity contribution in [3.8, 4) is 5.75 Å². The highest BCUT2D eigenvalue weighted by atomic mass is 32.1. The second-order valence-electron chi connectivity index (χ2n) is 3.51. The summed E-state index contributed by atoms with van der Waals surface area (Å²) in [5.74, 6) is 0.476. The van der Waals surface area contributed by atoms with E-state index in [-0.39, 0.29) is 11.7 Å². The van der Waals surface area contributed by atoms with E-state index in [0.29, 0.717) is 0 Å². The molecule has 1 N–H and O–H groups in total. The Bertz CT molecular complexity index is 434. The third-order valence-corrected chi connectivity index (χ3v) is 4.27. The van der Waals surface area contributed by atoms with Crippen LogP contribution >= 0.6 is 37.5 Å². The van der Waals surface area contributed by atoms with E-state index < -0.39 is 0 Å². The van der Waals surface area contributed by atoms with Crippen molar-refractivity contribution in [2.45, 2.75) is 12.3 Å². The second-order valence-corrected chi connectivity index (χ2v) is 4.93. The predicted molar refractivity (Wildman–Crippen MR) is 73.1 cm³/mol. The van der Waals surface area contributed by atoms with Gasteiger partial charge < -0.3 is 5.11 Å². The topological polar surface area (TPSA) is 20.2 Å². The molecule has 0 fully saturated rings. The lowest BCUT2D eigenvalue weighted by Crippen LogP contribution is -1.95. The number of phenolic OH excluding ortho intramolecular Hbond substituents is 1. The minimum absolute atomic E-state index is 0.203. The monoisotopic (exact) mass is 254 g/mol. The summed E-state index contributed by atoms with van der Waals surface area (Å²) in [5, 5.41) is 9.20. The maximum atomic E-state index is 9.20. The van der Waals surface area contributed by atoms with Crippen molar-refractivity contribution in [2.24, 2.45) is 0 Å². The van der Waals surface area contributed by atoms with Gasteiger partial charge in [0.2, 0.25) is 0 Å². The zero-order chi connectivity index (χ0) is 11.0. The minimum Gasteiger partial charge on any atom is -0.508 e. The highest BCUT2D eigenvalue weighted by Crippen LogP contribution is 2.41. The van der Waals surface area contributed by atoms with Crippen molar-refractivity contribution in [1.82, 2.24) is 0 Å². The van der Waals surface area contributed by atoms with Gasteiger partial charge >= 0.3 is 0 Å². The number of phenols is 1. The van der Waals surface area contributed by atoms with Gasteiger partial charge in [-0.3, -0.25) is 0 Å². The Kier molecular flexibility index (Phi) is 3.09. The van der Waals surface area contributed by atoms with Crippen LogP contribution in [0.1, 0.15) is 17.9 Å². The molecule has 0 spiro atoms. The van der Waals surface area contributed by atoms with Crippen LogP contribution in [0.2, 0.25) is 0 Å². The molecule has 0 bridgehead atoms. The maximum absolute atomic E-state index is 9.20. The molecule has 1 atom stereocenters. The number of rotatable bonds is 1. The molecule has 1 aliphatic rings. The molecule has 1 nitrogen and oxygen atoms in total. The van der Waals surface area contributed by atoms with E-state index >= 15 is 0 Å². The molecule has 0 amide bonds. The fourth-order valence-corrected chi connectivity index (χ4v) is 2.64. The van der Waals surface area contributed by atoms with Crippen molar-refractivity contribution < 1.29 is 5.11 Å². The largest absolute Gasteiger partial charge is 0.508 e. The molecule has 0 saturated heterocycles. The molecule has 0 heterocycles. The van der Waals surface area contributed by atoms with Crippen LogP contribution < -0.4 is 0 Å². The second kappa shape index (κ2) is 4.20. The number of allylic oxidation sites excluding steroid dienone is 2. The number of hydrogen-bond donors (Lipinski definition) is 3. The van der Waals surface area contributed by atoms with Crippen LogP contribution in [0, 0.1) is 0 Å². The van der Waals surface area contributed by atoms with Gasteiger partial charge in [-0.15, -0.1) is 25.3 Å². The van der Waals surface area contributed by atoms with Crippen LogP contribution in [-0.4, -0.2) is 9.97 Å². The van der Waals surface area contributed by atoms with Gasteiger partial charge in [-0.25, -0.2) is 0 Å². The van der Waals surface area contributed by atoms with E-state index in [4.69, 9.17) is 12.2 Å². The molecule has 0 radical (unpaired) electrons. The molecular weight excluding hydrogens is 244 g/mol. The van der Waals surface area contributed by atoms with Crippen LogP contribution in [0.25, 0.3) is 0 Å². The van der Waals surface area contributed by atoms with E-state index in [0.717, 1.165) is 26.7 Å². The molecule has 2 rings (SSSR count). The molecule has 0 saturated carbocycles. The fraction of sp³-hybridized carbons (Fsp3) is 0.182. The summed E-state index contributed by atoms with van der Waals surface area (Å²) < 4.78 is 0. The Labute approximate surface area is 105 Å². The van der Waals surface area contributed by atoms with Gasteiger partial charge in [0.05, 0.1) is 0 Å². The van der Waals surface area contributed by atoms with E-state index in [2.05, 4.69) is 25.3 Å². The first-order chi connectivity index (χ1) is 7.09. The Balaban J connectivity index is 2.35. The molecule has 15 heavy (non-hydrogen) atoms. The van der Waals surface area contributed by atoms with Crippen LogP contribution in [0.3, 0.4) is 0 Å². The first-order valence-electron chi connectivity index (χ1n) is 4.54. The lowest BCUT2D eigenvalue weighted by atomic mass is 9.98. The van der Waals surface area contributed by atoms with Gasteiger partial charge in [0.1, 0.15) is 5.75 Å². The van der Waals surface area contributed by atoms with E-state index in [1.165, 1.54) is 0 Å². The lowest BCUT2D eigenvalue weighted by Gasteiger charge is -2.10. The summed E-state index contributed by atoms with van der Waals surface area (Å²) in [6.45, 7) is 0. The number of thiol groups is 2. The van der Waals surface area contributed by atoms with Gasteiger partial charge in [0, 0.05) is 20.6 Å². The molecule has 1 aliphatic carbocycles. The predicted octanol–water partition coefficient (Wildman–Crippen LogP) is 3.32. The Morgan fingerprint density at radius 3 is 2.27 bits per heavy atom. The average Bonchev–Trinajstić information content (AvgIpc) is 2.47. The van der Waals surface area contributed by atoms with Gasteiger partial charge in [0.25, 0.3) is 0 Å². The van der Waals surface area contributed by atoms with Crippen LogP contribution in [-0.2, 0) is 0 Å². The molecule has 1 unspecified atom stereocenters. The quantitative estimate of drug-likeness (QED) is 0.528. The molecule has 4 heteroatoms. The van der Waals surface area contributed by atoms with Gasteiger partial charge in [0.15, 0.2) is 0 Å². The van der Waals surface area contributed by atoms with Crippen molar-refractivity contribution in [1.29, 1.82) is 0 Å². The zero-order valence-electron chi connectivity index (χ0n) is 7.84. The summed E-state index contributed by atoms with van der Waals surface area (Å²) in [7, 11) is 0. The smallest absolute Gasteiger partial charge is 0.115 e. The van der Waals surface area contributed by atoms with E-state index in [1.54, 1.807) is 12.1 Å². The van der Waals surface area contributed by atoms with Crippen molar-refractivity contribution in [3.63, 3.8) is 0 Å². The highest BCUT2D eigenvalue weighted by molar-refractivity contribution is 7.92. The molecule has 0 aliphatic heterocycles. The average molecular weight is 254 g/mol. The van der Waals surface area contributed by atoms with E-state index in [9.17, 15) is 5.11 Å². The molecule has 78 valence electrons. The maximum Gasteiger partial charge on any atom is 0.115 e. The fourth-order valence-electron chi connectivity index (χ4n) is 1.67. The standard InChI is InChI=1S/C11H10OS3/c12-7-3-1-6(2-4-7)8-5-9(13)11(15)10(8)14/h1-4,8,12,14-15H,5H2. The van der Waals surface area contributed by atoms with E-state index in [1.807, 2.05) is 12.1 Å². The SMILES string of the molecule is Oc1ccc(C2CC(=S)C(S)=C2S)cc1. The normalized spacial score (nSPS) is 21.2. The molecule has 1 aromatic rings. The summed E-state index contributed by atoms with van der Waals surface area (Å²) >= 11 is 13.9. The summed E-state index contributed by atoms with van der Waals surface area (Å²) in [6.07, 6.45) is 0.789. The molecule has 1 aromatic carbocycles. The Morgan fingerprint density at radius 2 is 1.80 bits per heavy atom. The highest BCUT2D eigenvalue weighted by Gasteiger charge is 2.26. The lowest BCUT2D eigenvalue weighted by molar-refractivity contribution is 0.475. The first kappa shape index (κ1) is 11.0. The Hall–Kier alpha value is -0.450. The van der Waals surface area contributed by atoms with Crippen LogP contribution in [0.5, 0.6) is 5.75 Å². The first-order valence-corrected chi connectivity index (χ1v) is 5.84. The Morgan fingerprint density at radius 1 is 1.20 bits per heavy atom. The molecule has 0 aromatic heterocycles. The third-order valence-electron chi connectivity index (χ3n) is 2.52. The van der Waals surface area contributed by atoms with Gasteiger partial charge in [-0.05, 0) is 24.1 Å². The van der Waals surface area contributed by atoms with Crippen LogP contribution in [0.4, 0.5) is 0 Å². The minimum atomic E-state index is 0.203. The van der Waals surface area contributed by atoms with Crippen LogP contribution in [0.15, 0.2) is 34.1 Å². The number of thiocarbonyl (C=S) groups is 1. The summed E-state index contributed by atoms with van der Waals surface area (Å²) in [4.78, 5) is 2.61. The third kappa shape index (κ3) is 2.07. The number of benzene rings is 1. The van der Waals surface area contributed by atoms with Crippen molar-refractivity contribution in [3.05, 3.63) is 39.6 Å². The van der Waals surface area contributed by atoms with Gasteiger partial charge in [-0.1, -0.05) is 24.4 Å². The van der Waals surface area contributed by atoms with Crippen molar-refractivity contribution >= 4 is 42.3 Å². The van der Waals surface area contributed by atoms with Crippen molar-refractivity contribution in [2.75, 3.05) is 0 Å². The molecular formula is C11H10OS3. The summed E-state index contributed by atoms with van der Waals surface area (Å²) in [5.41, 5.74) is 1.12. The number of hydrogen-bond acceptors (Lipinski definition) is 4. The van der Waals surface area contributed by atoms with Gasteiger partial charge in [-0.2, -0.15) is 0 Å². The zero-order valence-corrected chi connectivity index (χ0v) is 10.4.